The van der Waals surface area contributed by atoms with Crippen LogP contribution in [0.5, 0.6) is 11.5 Å². The number of aliphatic hydroxyl groups is 1. The molecule has 2 aliphatic rings. The van der Waals surface area contributed by atoms with Crippen LogP contribution in [0.4, 0.5) is 0 Å². The van der Waals surface area contributed by atoms with E-state index in [1.165, 1.54) is 0 Å². The van der Waals surface area contributed by atoms with Crippen LogP contribution in [-0.2, 0) is 0 Å². The maximum absolute atomic E-state index is 9.64. The summed E-state index contributed by atoms with van der Waals surface area (Å²) in [6.07, 6.45) is 1.40. The molecule has 3 heteroatoms. The molecule has 0 spiro atoms. The van der Waals surface area contributed by atoms with Gasteiger partial charge in [-0.15, -0.1) is 0 Å². The van der Waals surface area contributed by atoms with E-state index in [-0.39, 0.29) is 11.9 Å². The highest BCUT2D eigenvalue weighted by atomic mass is 16.5. The summed E-state index contributed by atoms with van der Waals surface area (Å²) < 4.78 is 5.62. The monoisotopic (exact) mass is 206 g/mol. The zero-order valence-electron chi connectivity index (χ0n) is 8.39. The van der Waals surface area contributed by atoms with Crippen molar-refractivity contribution in [2.75, 3.05) is 6.61 Å². The molecule has 1 heterocycles. The lowest BCUT2D eigenvalue weighted by atomic mass is 9.87. The zero-order valence-corrected chi connectivity index (χ0v) is 8.39. The van der Waals surface area contributed by atoms with Crippen molar-refractivity contribution in [2.45, 2.75) is 24.9 Å². The van der Waals surface area contributed by atoms with Gasteiger partial charge < -0.3 is 14.9 Å². The standard InChI is InChI=1S/C12H14O3/c13-8-1-2-12-11(4-8)10-5-9(14)3-7(10)6-15-12/h1-2,4,7,9-10,13-14H,3,5-6H2. The van der Waals surface area contributed by atoms with Crippen LogP contribution in [0, 0.1) is 5.92 Å². The van der Waals surface area contributed by atoms with Gasteiger partial charge >= 0.3 is 0 Å². The number of fused-ring (bicyclic) bond motifs is 3. The Hall–Kier alpha value is -1.22. The number of hydrogen-bond acceptors (Lipinski definition) is 3. The molecular formula is C12H14O3. The Morgan fingerprint density at radius 2 is 2.13 bits per heavy atom. The van der Waals surface area contributed by atoms with Crippen molar-refractivity contribution in [3.8, 4) is 11.5 Å². The predicted octanol–water partition coefficient (Wildman–Crippen LogP) is 1.64. The molecule has 80 valence electrons. The van der Waals surface area contributed by atoms with Gasteiger partial charge in [-0.05, 0) is 37.0 Å². The summed E-state index contributed by atoms with van der Waals surface area (Å²) in [5, 5.41) is 19.1. The normalized spacial score (nSPS) is 33.0. The highest BCUT2D eigenvalue weighted by Gasteiger charge is 2.39. The quantitative estimate of drug-likeness (QED) is 0.678. The average Bonchev–Trinajstić information content (AvgIpc) is 2.58. The molecule has 0 radical (unpaired) electrons. The van der Waals surface area contributed by atoms with Crippen LogP contribution in [0.15, 0.2) is 18.2 Å². The van der Waals surface area contributed by atoms with E-state index < -0.39 is 0 Å². The fourth-order valence-electron chi connectivity index (χ4n) is 2.81. The average molecular weight is 206 g/mol. The number of ether oxygens (including phenoxy) is 1. The lowest BCUT2D eigenvalue weighted by Crippen LogP contribution is -2.21. The second-order valence-corrected chi connectivity index (χ2v) is 4.52. The van der Waals surface area contributed by atoms with Gasteiger partial charge in [-0.25, -0.2) is 0 Å². The second kappa shape index (κ2) is 3.14. The minimum absolute atomic E-state index is 0.211. The topological polar surface area (TPSA) is 49.7 Å². The van der Waals surface area contributed by atoms with Gasteiger partial charge in [0.1, 0.15) is 11.5 Å². The lowest BCUT2D eigenvalue weighted by molar-refractivity contribution is 0.166. The first-order valence-corrected chi connectivity index (χ1v) is 5.38. The molecule has 2 N–H and O–H groups in total. The van der Waals surface area contributed by atoms with Crippen molar-refractivity contribution in [2.24, 2.45) is 5.92 Å². The number of hydrogen-bond donors (Lipinski definition) is 2. The molecule has 0 amide bonds. The summed E-state index contributed by atoms with van der Waals surface area (Å²) in [6.45, 7) is 0.694. The van der Waals surface area contributed by atoms with E-state index in [1.54, 1.807) is 12.1 Å². The van der Waals surface area contributed by atoms with E-state index in [2.05, 4.69) is 0 Å². The molecule has 1 fully saturated rings. The Kier molecular flexibility index (Phi) is 1.89. The van der Waals surface area contributed by atoms with Crippen LogP contribution in [0.1, 0.15) is 24.3 Å². The number of rotatable bonds is 0. The zero-order chi connectivity index (χ0) is 10.4. The summed E-state index contributed by atoms with van der Waals surface area (Å²) in [6, 6.07) is 5.22. The maximum atomic E-state index is 9.64. The van der Waals surface area contributed by atoms with Crippen LogP contribution in [0.25, 0.3) is 0 Å². The van der Waals surface area contributed by atoms with Crippen LogP contribution in [0.3, 0.4) is 0 Å². The molecule has 1 aliphatic heterocycles. The van der Waals surface area contributed by atoms with Crippen LogP contribution in [-0.4, -0.2) is 22.9 Å². The minimum Gasteiger partial charge on any atom is -0.508 e. The van der Waals surface area contributed by atoms with Gasteiger partial charge in [0.2, 0.25) is 0 Å². The lowest BCUT2D eigenvalue weighted by Gasteiger charge is -2.28. The molecule has 3 unspecified atom stereocenters. The number of benzene rings is 1. The van der Waals surface area contributed by atoms with Crippen molar-refractivity contribution in [3.63, 3.8) is 0 Å². The van der Waals surface area contributed by atoms with Gasteiger partial charge in [0.25, 0.3) is 0 Å². The van der Waals surface area contributed by atoms with Crippen LogP contribution < -0.4 is 4.74 Å². The molecular weight excluding hydrogens is 192 g/mol. The third-order valence-corrected chi connectivity index (χ3v) is 3.52. The molecule has 0 aromatic heterocycles. The van der Waals surface area contributed by atoms with E-state index in [1.807, 2.05) is 6.07 Å². The Morgan fingerprint density at radius 1 is 1.27 bits per heavy atom. The third-order valence-electron chi connectivity index (χ3n) is 3.52. The van der Waals surface area contributed by atoms with Crippen molar-refractivity contribution in [3.05, 3.63) is 23.8 Å². The van der Waals surface area contributed by atoms with Crippen LogP contribution >= 0.6 is 0 Å². The van der Waals surface area contributed by atoms with Gasteiger partial charge in [-0.3, -0.25) is 0 Å². The van der Waals surface area contributed by atoms with E-state index in [9.17, 15) is 10.2 Å². The Morgan fingerprint density at radius 3 is 3.00 bits per heavy atom. The van der Waals surface area contributed by atoms with Gasteiger partial charge in [0.05, 0.1) is 12.7 Å². The molecule has 15 heavy (non-hydrogen) atoms. The minimum atomic E-state index is -0.211. The van der Waals surface area contributed by atoms with E-state index in [0.717, 1.165) is 24.2 Å². The van der Waals surface area contributed by atoms with Gasteiger partial charge in [0.15, 0.2) is 0 Å². The summed E-state index contributed by atoms with van der Waals surface area (Å²) in [7, 11) is 0. The van der Waals surface area contributed by atoms with Gasteiger partial charge in [-0.1, -0.05) is 0 Å². The summed E-state index contributed by atoms with van der Waals surface area (Å²) in [4.78, 5) is 0. The van der Waals surface area contributed by atoms with Crippen LogP contribution in [0.2, 0.25) is 0 Å². The Balaban J connectivity index is 2.03. The Labute approximate surface area is 88.3 Å². The Bertz CT molecular complexity index is 388. The number of aliphatic hydroxyl groups excluding tert-OH is 1. The molecule has 1 aromatic rings. The first-order valence-electron chi connectivity index (χ1n) is 5.38. The molecule has 3 nitrogen and oxygen atoms in total. The fraction of sp³-hybridized carbons (Fsp3) is 0.500. The summed E-state index contributed by atoms with van der Waals surface area (Å²) >= 11 is 0. The third kappa shape index (κ3) is 1.38. The van der Waals surface area contributed by atoms with Crippen molar-refractivity contribution < 1.29 is 14.9 Å². The molecule has 0 bridgehead atoms. The first kappa shape index (κ1) is 9.04. The summed E-state index contributed by atoms with van der Waals surface area (Å²) in [5.74, 6) is 1.91. The van der Waals surface area contributed by atoms with Crippen molar-refractivity contribution in [1.29, 1.82) is 0 Å². The van der Waals surface area contributed by atoms with Crippen molar-refractivity contribution >= 4 is 0 Å². The SMILES string of the molecule is Oc1ccc2c(c1)C1CC(O)CC1CO2. The van der Waals surface area contributed by atoms with E-state index in [4.69, 9.17) is 4.74 Å². The molecule has 1 aliphatic carbocycles. The maximum Gasteiger partial charge on any atom is 0.123 e. The fourth-order valence-corrected chi connectivity index (χ4v) is 2.81. The molecule has 1 aromatic carbocycles. The molecule has 3 atom stereocenters. The number of phenolic OH excluding ortho intramolecular Hbond substituents is 1. The predicted molar refractivity (Wildman–Crippen MR) is 55.1 cm³/mol. The smallest absolute Gasteiger partial charge is 0.123 e. The van der Waals surface area contributed by atoms with Gasteiger partial charge in [-0.2, -0.15) is 0 Å². The second-order valence-electron chi connectivity index (χ2n) is 4.52. The molecule has 3 rings (SSSR count). The summed E-state index contributed by atoms with van der Waals surface area (Å²) in [5.41, 5.74) is 1.06. The van der Waals surface area contributed by atoms with E-state index in [0.29, 0.717) is 18.4 Å². The highest BCUT2D eigenvalue weighted by molar-refractivity contribution is 5.44. The molecule has 1 saturated carbocycles. The number of phenols is 1. The molecule has 0 saturated heterocycles. The van der Waals surface area contributed by atoms with E-state index >= 15 is 0 Å². The largest absolute Gasteiger partial charge is 0.508 e. The number of aromatic hydroxyl groups is 1. The van der Waals surface area contributed by atoms with Crippen molar-refractivity contribution in [1.82, 2.24) is 0 Å². The first-order chi connectivity index (χ1) is 7.24. The highest BCUT2D eigenvalue weighted by Crippen LogP contribution is 2.47. The van der Waals surface area contributed by atoms with Gasteiger partial charge in [0, 0.05) is 11.5 Å².